The van der Waals surface area contributed by atoms with Gasteiger partial charge in [0.25, 0.3) is 0 Å². The van der Waals surface area contributed by atoms with Crippen LogP contribution in [0.25, 0.3) is 0 Å². The van der Waals surface area contributed by atoms with Crippen LogP contribution < -0.4 is 10.2 Å². The molecule has 2 rings (SSSR count). The number of nitrogens with zero attached hydrogens (tertiary/aromatic N) is 1. The summed E-state index contributed by atoms with van der Waals surface area (Å²) < 4.78 is 0. The molecule has 2 atom stereocenters. The van der Waals surface area contributed by atoms with E-state index < -0.39 is 0 Å². The number of benzene rings is 1. The lowest BCUT2D eigenvalue weighted by Crippen LogP contribution is -2.32. The summed E-state index contributed by atoms with van der Waals surface area (Å²) in [5, 5.41) is 3.51. The van der Waals surface area contributed by atoms with Crippen LogP contribution >= 0.6 is 0 Å². The maximum Gasteiger partial charge on any atom is 0.0414 e. The normalized spacial score (nSPS) is 18.4. The number of anilines is 1. The second kappa shape index (κ2) is 5.75. The number of hydrogen-bond acceptors (Lipinski definition) is 2. The van der Waals surface area contributed by atoms with E-state index in [1.807, 2.05) is 0 Å². The largest absolute Gasteiger partial charge is 0.371 e. The van der Waals surface area contributed by atoms with Crippen molar-refractivity contribution in [2.24, 2.45) is 5.92 Å². The van der Waals surface area contributed by atoms with Crippen LogP contribution in [0.5, 0.6) is 0 Å². The summed E-state index contributed by atoms with van der Waals surface area (Å²) in [5.41, 5.74) is 2.79. The summed E-state index contributed by atoms with van der Waals surface area (Å²) in [5.74, 6) is 0.900. The molecule has 0 amide bonds. The molecule has 0 spiro atoms. The molecule has 2 nitrogen and oxygen atoms in total. The fraction of sp³-hybridized carbons (Fsp3) is 0.625. The smallest absolute Gasteiger partial charge is 0.0414 e. The number of para-hydroxylation sites is 1. The third-order valence-electron chi connectivity index (χ3n) is 4.21. The lowest BCUT2D eigenvalue weighted by molar-refractivity contribution is 0.579. The second-order valence-electron chi connectivity index (χ2n) is 5.53. The van der Waals surface area contributed by atoms with E-state index in [1.54, 1.807) is 0 Å². The Morgan fingerprint density at radius 1 is 1.28 bits per heavy atom. The lowest BCUT2D eigenvalue weighted by Gasteiger charge is -2.30. The minimum atomic E-state index is 0.417. The van der Waals surface area contributed by atoms with E-state index in [0.29, 0.717) is 12.1 Å². The van der Waals surface area contributed by atoms with Gasteiger partial charge in [-0.1, -0.05) is 25.1 Å². The first-order valence-corrected chi connectivity index (χ1v) is 7.20. The Morgan fingerprint density at radius 2 is 1.94 bits per heavy atom. The highest BCUT2D eigenvalue weighted by Crippen LogP contribution is 2.37. The van der Waals surface area contributed by atoms with Gasteiger partial charge in [0.2, 0.25) is 0 Å². The van der Waals surface area contributed by atoms with Crippen molar-refractivity contribution in [3.05, 3.63) is 29.8 Å². The summed E-state index contributed by atoms with van der Waals surface area (Å²) in [7, 11) is 2.24. The van der Waals surface area contributed by atoms with E-state index >= 15 is 0 Å². The predicted molar refractivity (Wildman–Crippen MR) is 79.1 cm³/mol. The Kier molecular flexibility index (Phi) is 4.28. The van der Waals surface area contributed by atoms with Crippen molar-refractivity contribution in [2.45, 2.75) is 45.7 Å². The molecule has 1 aliphatic rings. The standard InChI is InChI=1S/C16H26N2/c1-5-17-12(2)15-8-6-7-9-16(15)18(4)13(3)14-10-11-14/h6-9,12-14,17H,5,10-11H2,1-4H3. The van der Waals surface area contributed by atoms with Crippen LogP contribution in [0.4, 0.5) is 5.69 Å². The molecule has 18 heavy (non-hydrogen) atoms. The zero-order valence-corrected chi connectivity index (χ0v) is 12.1. The monoisotopic (exact) mass is 246 g/mol. The molecule has 1 fully saturated rings. The van der Waals surface area contributed by atoms with Gasteiger partial charge < -0.3 is 10.2 Å². The Bertz CT molecular complexity index is 384. The third kappa shape index (κ3) is 2.86. The van der Waals surface area contributed by atoms with Gasteiger partial charge in [0.05, 0.1) is 0 Å². The number of nitrogens with one attached hydrogen (secondary N) is 1. The van der Waals surface area contributed by atoms with E-state index in [4.69, 9.17) is 0 Å². The van der Waals surface area contributed by atoms with Crippen LogP contribution in [0.1, 0.15) is 45.2 Å². The van der Waals surface area contributed by atoms with Gasteiger partial charge in [-0.2, -0.15) is 0 Å². The molecule has 2 unspecified atom stereocenters. The average Bonchev–Trinajstić information content (AvgIpc) is 3.21. The van der Waals surface area contributed by atoms with Crippen LogP contribution in [-0.4, -0.2) is 19.6 Å². The summed E-state index contributed by atoms with van der Waals surface area (Å²) in [6, 6.07) is 9.86. The van der Waals surface area contributed by atoms with Crippen molar-refractivity contribution in [1.82, 2.24) is 5.32 Å². The molecule has 0 saturated heterocycles. The summed E-state index contributed by atoms with van der Waals surface area (Å²) in [6.45, 7) is 7.78. The number of rotatable bonds is 6. The molecule has 1 aliphatic carbocycles. The van der Waals surface area contributed by atoms with Crippen molar-refractivity contribution >= 4 is 5.69 Å². The maximum atomic E-state index is 3.51. The molecule has 100 valence electrons. The van der Waals surface area contributed by atoms with Crippen molar-refractivity contribution in [3.8, 4) is 0 Å². The van der Waals surface area contributed by atoms with Crippen LogP contribution in [0, 0.1) is 5.92 Å². The number of hydrogen-bond donors (Lipinski definition) is 1. The highest BCUT2D eigenvalue weighted by atomic mass is 15.1. The molecular formula is C16H26N2. The summed E-state index contributed by atoms with van der Waals surface area (Å²) in [4.78, 5) is 2.46. The van der Waals surface area contributed by atoms with Crippen LogP contribution in [0.15, 0.2) is 24.3 Å². The van der Waals surface area contributed by atoms with E-state index in [2.05, 4.69) is 62.3 Å². The Morgan fingerprint density at radius 3 is 2.56 bits per heavy atom. The van der Waals surface area contributed by atoms with Gasteiger partial charge >= 0.3 is 0 Å². The molecule has 2 heteroatoms. The van der Waals surface area contributed by atoms with Gasteiger partial charge in [0.15, 0.2) is 0 Å². The van der Waals surface area contributed by atoms with Crippen molar-refractivity contribution in [1.29, 1.82) is 0 Å². The van der Waals surface area contributed by atoms with Crippen molar-refractivity contribution < 1.29 is 0 Å². The van der Waals surface area contributed by atoms with E-state index in [9.17, 15) is 0 Å². The predicted octanol–water partition coefficient (Wildman–Crippen LogP) is 3.59. The summed E-state index contributed by atoms with van der Waals surface area (Å²) in [6.07, 6.45) is 2.80. The van der Waals surface area contributed by atoms with Gasteiger partial charge in [0, 0.05) is 24.8 Å². The van der Waals surface area contributed by atoms with Gasteiger partial charge in [-0.3, -0.25) is 0 Å². The van der Waals surface area contributed by atoms with Gasteiger partial charge in [0.1, 0.15) is 0 Å². The Balaban J connectivity index is 2.20. The SMILES string of the molecule is CCNC(C)c1ccccc1N(C)C(C)C1CC1. The van der Waals surface area contributed by atoms with E-state index in [1.165, 1.54) is 24.1 Å². The topological polar surface area (TPSA) is 15.3 Å². The van der Waals surface area contributed by atoms with Crippen molar-refractivity contribution in [3.63, 3.8) is 0 Å². The molecule has 0 heterocycles. The lowest BCUT2D eigenvalue weighted by atomic mass is 10.0. The highest BCUT2D eigenvalue weighted by Gasteiger charge is 2.31. The fourth-order valence-corrected chi connectivity index (χ4v) is 2.71. The van der Waals surface area contributed by atoms with Crippen molar-refractivity contribution in [2.75, 3.05) is 18.5 Å². The third-order valence-corrected chi connectivity index (χ3v) is 4.21. The molecule has 0 aromatic heterocycles. The minimum Gasteiger partial charge on any atom is -0.371 e. The molecule has 0 aliphatic heterocycles. The molecule has 1 aromatic carbocycles. The Labute approximate surface area is 111 Å². The molecule has 1 N–H and O–H groups in total. The van der Waals surface area contributed by atoms with Crippen LogP contribution in [0.2, 0.25) is 0 Å². The van der Waals surface area contributed by atoms with Crippen LogP contribution in [-0.2, 0) is 0 Å². The minimum absolute atomic E-state index is 0.417. The zero-order valence-electron chi connectivity index (χ0n) is 12.1. The molecule has 1 saturated carbocycles. The van der Waals surface area contributed by atoms with Gasteiger partial charge in [-0.25, -0.2) is 0 Å². The zero-order chi connectivity index (χ0) is 13.1. The second-order valence-corrected chi connectivity index (χ2v) is 5.53. The first-order chi connectivity index (χ1) is 8.65. The molecular weight excluding hydrogens is 220 g/mol. The average molecular weight is 246 g/mol. The summed E-state index contributed by atoms with van der Waals surface area (Å²) >= 11 is 0. The first-order valence-electron chi connectivity index (χ1n) is 7.20. The quantitative estimate of drug-likeness (QED) is 0.825. The highest BCUT2D eigenvalue weighted by molar-refractivity contribution is 5.55. The maximum absolute atomic E-state index is 3.51. The van der Waals surface area contributed by atoms with E-state index in [0.717, 1.165) is 12.5 Å². The van der Waals surface area contributed by atoms with E-state index in [-0.39, 0.29) is 0 Å². The van der Waals surface area contributed by atoms with Crippen LogP contribution in [0.3, 0.4) is 0 Å². The fourth-order valence-electron chi connectivity index (χ4n) is 2.71. The van der Waals surface area contributed by atoms with Gasteiger partial charge in [-0.15, -0.1) is 0 Å². The first kappa shape index (κ1) is 13.4. The molecule has 1 aromatic rings. The Hall–Kier alpha value is -1.02. The van der Waals surface area contributed by atoms with Gasteiger partial charge in [-0.05, 0) is 50.8 Å². The molecule has 0 bridgehead atoms. The molecule has 0 radical (unpaired) electrons.